The van der Waals surface area contributed by atoms with Crippen molar-refractivity contribution in [1.29, 1.82) is 0 Å². The van der Waals surface area contributed by atoms with Crippen LogP contribution in [0.15, 0.2) is 18.2 Å². The Morgan fingerprint density at radius 2 is 2.17 bits per heavy atom. The van der Waals surface area contributed by atoms with E-state index in [2.05, 4.69) is 10.0 Å². The zero-order valence-corrected chi connectivity index (χ0v) is 11.7. The monoisotopic (exact) mass is 268 g/mol. The Hall–Kier alpha value is -1.23. The largest absolute Gasteiger partial charge is 0.383 e. The maximum absolute atomic E-state index is 12.0. The van der Waals surface area contributed by atoms with Crippen LogP contribution >= 0.6 is 0 Å². The lowest BCUT2D eigenvalue weighted by Crippen LogP contribution is -2.22. The van der Waals surface area contributed by atoms with Crippen LogP contribution in [0.2, 0.25) is 0 Å². The van der Waals surface area contributed by atoms with Gasteiger partial charge in [0.25, 0.3) is 0 Å². The van der Waals surface area contributed by atoms with Gasteiger partial charge in [0.2, 0.25) is 10.0 Å². The molecule has 0 saturated heterocycles. The van der Waals surface area contributed by atoms with Gasteiger partial charge in [-0.1, -0.05) is 26.0 Å². The summed E-state index contributed by atoms with van der Waals surface area (Å²) in [5.74, 6) is 0.270. The lowest BCUT2D eigenvalue weighted by Gasteiger charge is -2.22. The molecule has 0 aliphatic carbocycles. The smallest absolute Gasteiger partial charge is 0.233 e. The molecule has 1 aromatic rings. The van der Waals surface area contributed by atoms with Gasteiger partial charge in [0.1, 0.15) is 0 Å². The quantitative estimate of drug-likeness (QED) is 0.882. The molecule has 5 heteroatoms. The molecule has 0 atom stereocenters. The topological polar surface area (TPSA) is 58.2 Å². The van der Waals surface area contributed by atoms with E-state index in [1.807, 2.05) is 32.0 Å². The fourth-order valence-electron chi connectivity index (χ4n) is 2.24. The van der Waals surface area contributed by atoms with E-state index in [-0.39, 0.29) is 11.7 Å². The fraction of sp³-hybridized carbons (Fsp3) is 0.538. The highest BCUT2D eigenvalue weighted by Crippen LogP contribution is 2.30. The Labute approximate surface area is 109 Å². The molecule has 1 aliphatic heterocycles. The first-order chi connectivity index (χ1) is 8.48. The summed E-state index contributed by atoms with van der Waals surface area (Å²) in [5, 5.41) is 3.28. The molecule has 0 radical (unpaired) electrons. The molecule has 0 fully saturated rings. The summed E-state index contributed by atoms with van der Waals surface area (Å²) in [4.78, 5) is 0. The van der Waals surface area contributed by atoms with Crippen LogP contribution in [0.3, 0.4) is 0 Å². The molecule has 0 bridgehead atoms. The maximum Gasteiger partial charge on any atom is 0.233 e. The third-order valence-electron chi connectivity index (χ3n) is 2.89. The molecule has 0 saturated carbocycles. The van der Waals surface area contributed by atoms with Crippen molar-refractivity contribution in [3.8, 4) is 0 Å². The second-order valence-electron chi connectivity index (χ2n) is 5.15. The van der Waals surface area contributed by atoms with Gasteiger partial charge in [-0.05, 0) is 30.4 Å². The molecule has 2 rings (SSSR count). The van der Waals surface area contributed by atoms with E-state index in [0.29, 0.717) is 5.69 Å². The van der Waals surface area contributed by atoms with Crippen LogP contribution in [-0.4, -0.2) is 20.7 Å². The summed E-state index contributed by atoms with van der Waals surface area (Å²) >= 11 is 0. The number of benzene rings is 1. The SMILES string of the molecule is CC(C)CS(=O)(=O)Nc1cccc2c1NCCC2. The van der Waals surface area contributed by atoms with Gasteiger partial charge in [-0.25, -0.2) is 8.42 Å². The molecule has 18 heavy (non-hydrogen) atoms. The Bertz CT molecular complexity index is 524. The molecule has 2 N–H and O–H groups in total. The summed E-state index contributed by atoms with van der Waals surface area (Å²) in [7, 11) is -3.26. The first-order valence-corrected chi connectivity index (χ1v) is 7.99. The van der Waals surface area contributed by atoms with Gasteiger partial charge < -0.3 is 5.32 Å². The number of sulfonamides is 1. The van der Waals surface area contributed by atoms with Crippen molar-refractivity contribution < 1.29 is 8.42 Å². The van der Waals surface area contributed by atoms with E-state index < -0.39 is 10.0 Å². The van der Waals surface area contributed by atoms with Crippen molar-refractivity contribution in [2.45, 2.75) is 26.7 Å². The van der Waals surface area contributed by atoms with Crippen molar-refractivity contribution in [2.75, 3.05) is 22.3 Å². The number of para-hydroxylation sites is 1. The van der Waals surface area contributed by atoms with E-state index in [1.54, 1.807) is 0 Å². The van der Waals surface area contributed by atoms with Crippen molar-refractivity contribution in [3.05, 3.63) is 23.8 Å². The second-order valence-corrected chi connectivity index (χ2v) is 6.91. The van der Waals surface area contributed by atoms with Crippen LogP contribution in [0.1, 0.15) is 25.8 Å². The minimum atomic E-state index is -3.26. The van der Waals surface area contributed by atoms with Crippen LogP contribution in [0.25, 0.3) is 0 Å². The highest BCUT2D eigenvalue weighted by Gasteiger charge is 2.17. The molecule has 1 aromatic carbocycles. The van der Waals surface area contributed by atoms with Crippen LogP contribution in [-0.2, 0) is 16.4 Å². The Balaban J connectivity index is 2.24. The average molecular weight is 268 g/mol. The second kappa shape index (κ2) is 5.18. The average Bonchev–Trinajstić information content (AvgIpc) is 2.27. The molecule has 0 amide bonds. The number of aryl methyl sites for hydroxylation is 1. The molecule has 0 aromatic heterocycles. The fourth-order valence-corrected chi connectivity index (χ4v) is 3.71. The minimum absolute atomic E-state index is 0.120. The highest BCUT2D eigenvalue weighted by atomic mass is 32.2. The molecule has 4 nitrogen and oxygen atoms in total. The Morgan fingerprint density at radius 3 is 2.89 bits per heavy atom. The summed E-state index contributed by atoms with van der Waals surface area (Å²) in [6.45, 7) is 4.70. The van der Waals surface area contributed by atoms with Crippen LogP contribution in [0.4, 0.5) is 11.4 Å². The lowest BCUT2D eigenvalue weighted by atomic mass is 10.0. The zero-order chi connectivity index (χ0) is 13.2. The Morgan fingerprint density at radius 1 is 1.39 bits per heavy atom. The summed E-state index contributed by atoms with van der Waals surface area (Å²) in [6.07, 6.45) is 2.09. The maximum atomic E-state index is 12.0. The summed E-state index contributed by atoms with van der Waals surface area (Å²) in [5.41, 5.74) is 2.80. The van der Waals surface area contributed by atoms with Gasteiger partial charge >= 0.3 is 0 Å². The van der Waals surface area contributed by atoms with Gasteiger partial charge in [0.15, 0.2) is 0 Å². The van der Waals surface area contributed by atoms with E-state index in [9.17, 15) is 8.42 Å². The third kappa shape index (κ3) is 3.16. The third-order valence-corrected chi connectivity index (χ3v) is 4.53. The Kier molecular flexibility index (Phi) is 3.80. The highest BCUT2D eigenvalue weighted by molar-refractivity contribution is 7.92. The molecule has 1 aliphatic rings. The van der Waals surface area contributed by atoms with Crippen LogP contribution in [0.5, 0.6) is 0 Å². The number of nitrogens with one attached hydrogen (secondary N) is 2. The van der Waals surface area contributed by atoms with Crippen LogP contribution in [0, 0.1) is 5.92 Å². The number of hydrogen-bond donors (Lipinski definition) is 2. The first kappa shape index (κ1) is 13.2. The molecule has 100 valence electrons. The van der Waals surface area contributed by atoms with Crippen LogP contribution < -0.4 is 10.0 Å². The standard InChI is InChI=1S/C13H20N2O2S/c1-10(2)9-18(16,17)15-12-7-3-5-11-6-4-8-14-13(11)12/h3,5,7,10,14-15H,4,6,8-9H2,1-2H3. The van der Waals surface area contributed by atoms with Gasteiger partial charge in [0.05, 0.1) is 17.1 Å². The van der Waals surface area contributed by atoms with Gasteiger partial charge in [-0.15, -0.1) is 0 Å². The zero-order valence-electron chi connectivity index (χ0n) is 10.9. The van der Waals surface area contributed by atoms with Gasteiger partial charge in [-0.3, -0.25) is 4.72 Å². The van der Waals surface area contributed by atoms with E-state index in [0.717, 1.165) is 25.1 Å². The number of anilines is 2. The predicted octanol–water partition coefficient (Wildman–Crippen LogP) is 2.44. The van der Waals surface area contributed by atoms with Crippen molar-refractivity contribution >= 4 is 21.4 Å². The number of hydrogen-bond acceptors (Lipinski definition) is 3. The number of rotatable bonds is 4. The van der Waals surface area contributed by atoms with E-state index in [4.69, 9.17) is 0 Å². The van der Waals surface area contributed by atoms with E-state index in [1.165, 1.54) is 5.56 Å². The first-order valence-electron chi connectivity index (χ1n) is 6.34. The molecular formula is C13H20N2O2S. The molecule has 0 unspecified atom stereocenters. The molecule has 1 heterocycles. The van der Waals surface area contributed by atoms with Crippen molar-refractivity contribution in [2.24, 2.45) is 5.92 Å². The minimum Gasteiger partial charge on any atom is -0.383 e. The summed E-state index contributed by atoms with van der Waals surface area (Å²) in [6, 6.07) is 5.76. The summed E-state index contributed by atoms with van der Waals surface area (Å²) < 4.78 is 26.6. The van der Waals surface area contributed by atoms with E-state index >= 15 is 0 Å². The lowest BCUT2D eigenvalue weighted by molar-refractivity contribution is 0.587. The van der Waals surface area contributed by atoms with Gasteiger partial charge in [0, 0.05) is 6.54 Å². The van der Waals surface area contributed by atoms with Gasteiger partial charge in [-0.2, -0.15) is 0 Å². The predicted molar refractivity (Wildman–Crippen MR) is 75.5 cm³/mol. The number of fused-ring (bicyclic) bond motifs is 1. The normalized spacial score (nSPS) is 15.1. The molecule has 0 spiro atoms. The van der Waals surface area contributed by atoms with Crippen molar-refractivity contribution in [1.82, 2.24) is 0 Å². The van der Waals surface area contributed by atoms with Crippen molar-refractivity contribution in [3.63, 3.8) is 0 Å². The molecular weight excluding hydrogens is 248 g/mol.